The Kier molecular flexibility index (Phi) is 3.99. The number of hydrogen-bond donors (Lipinski definition) is 0. The summed E-state index contributed by atoms with van der Waals surface area (Å²) in [5.74, 6) is 1.68. The van der Waals surface area contributed by atoms with E-state index in [-0.39, 0.29) is 0 Å². The standard InChI is InChI=1S/C19H18O2S/c1-4-13-10-15-17(11-16(13)20-3)21-12(2)18(19(15)22)14-8-6-5-7-9-14/h5-11H,4H2,1-3H3. The molecule has 0 saturated carbocycles. The third-order valence-electron chi connectivity index (χ3n) is 3.91. The van der Waals surface area contributed by atoms with Gasteiger partial charge >= 0.3 is 0 Å². The van der Waals surface area contributed by atoms with Crippen molar-refractivity contribution in [3.8, 4) is 16.9 Å². The van der Waals surface area contributed by atoms with Gasteiger partial charge in [-0.2, -0.15) is 0 Å². The maximum absolute atomic E-state index is 6.02. The van der Waals surface area contributed by atoms with Crippen LogP contribution < -0.4 is 4.74 Å². The Hall–Kier alpha value is -2.13. The summed E-state index contributed by atoms with van der Waals surface area (Å²) < 4.78 is 12.3. The highest BCUT2D eigenvalue weighted by Gasteiger charge is 2.13. The van der Waals surface area contributed by atoms with Gasteiger partial charge in [0.2, 0.25) is 0 Å². The topological polar surface area (TPSA) is 22.4 Å². The Morgan fingerprint density at radius 1 is 1.14 bits per heavy atom. The first-order chi connectivity index (χ1) is 10.7. The van der Waals surface area contributed by atoms with Crippen LogP contribution in [0.4, 0.5) is 0 Å². The summed E-state index contributed by atoms with van der Waals surface area (Å²) in [5.41, 5.74) is 4.00. The van der Waals surface area contributed by atoms with Gasteiger partial charge in [0, 0.05) is 17.0 Å². The lowest BCUT2D eigenvalue weighted by atomic mass is 10.0. The highest BCUT2D eigenvalue weighted by atomic mass is 32.1. The molecule has 3 rings (SSSR count). The normalized spacial score (nSPS) is 10.9. The zero-order chi connectivity index (χ0) is 15.7. The van der Waals surface area contributed by atoms with E-state index < -0.39 is 0 Å². The molecule has 3 aromatic rings. The molecule has 3 heteroatoms. The lowest BCUT2D eigenvalue weighted by Crippen LogP contribution is -1.93. The Morgan fingerprint density at radius 2 is 1.86 bits per heavy atom. The van der Waals surface area contributed by atoms with Gasteiger partial charge in [-0.1, -0.05) is 49.5 Å². The number of rotatable bonds is 3. The van der Waals surface area contributed by atoms with E-state index in [0.29, 0.717) is 0 Å². The fourth-order valence-electron chi connectivity index (χ4n) is 2.78. The second-order valence-corrected chi connectivity index (χ2v) is 5.65. The molecule has 2 nitrogen and oxygen atoms in total. The van der Waals surface area contributed by atoms with E-state index in [2.05, 4.69) is 25.1 Å². The number of aryl methyl sites for hydroxylation is 2. The molecule has 1 aromatic heterocycles. The molecule has 0 N–H and O–H groups in total. The summed E-state index contributed by atoms with van der Waals surface area (Å²) in [4.78, 5) is 0. The number of benzene rings is 2. The fraction of sp³-hybridized carbons (Fsp3) is 0.211. The van der Waals surface area contributed by atoms with E-state index in [1.54, 1.807) is 7.11 Å². The van der Waals surface area contributed by atoms with Gasteiger partial charge in [-0.05, 0) is 30.5 Å². The van der Waals surface area contributed by atoms with E-state index in [1.807, 2.05) is 31.2 Å². The van der Waals surface area contributed by atoms with Crippen molar-refractivity contribution in [2.45, 2.75) is 20.3 Å². The molecule has 0 fully saturated rings. The summed E-state index contributed by atoms with van der Waals surface area (Å²) in [6.07, 6.45) is 0.891. The van der Waals surface area contributed by atoms with Crippen LogP contribution in [-0.2, 0) is 6.42 Å². The average molecular weight is 310 g/mol. The molecule has 22 heavy (non-hydrogen) atoms. The maximum Gasteiger partial charge on any atom is 0.139 e. The van der Waals surface area contributed by atoms with Crippen LogP contribution in [0, 0.1) is 11.4 Å². The smallest absolute Gasteiger partial charge is 0.139 e. The Morgan fingerprint density at radius 3 is 2.50 bits per heavy atom. The number of fused-ring (bicyclic) bond motifs is 1. The Bertz CT molecular complexity index is 879. The molecule has 0 aliphatic carbocycles. The average Bonchev–Trinajstić information content (AvgIpc) is 2.54. The largest absolute Gasteiger partial charge is 0.496 e. The Labute approximate surface area is 135 Å². The van der Waals surface area contributed by atoms with Crippen molar-refractivity contribution in [2.75, 3.05) is 7.11 Å². The molecule has 2 aromatic carbocycles. The molecule has 1 heterocycles. The van der Waals surface area contributed by atoms with Crippen LogP contribution in [0.5, 0.6) is 5.75 Å². The maximum atomic E-state index is 6.02. The van der Waals surface area contributed by atoms with Crippen molar-refractivity contribution in [2.24, 2.45) is 0 Å². The van der Waals surface area contributed by atoms with Gasteiger partial charge in [0.25, 0.3) is 0 Å². The summed E-state index contributed by atoms with van der Waals surface area (Å²) in [6.45, 7) is 4.06. The highest BCUT2D eigenvalue weighted by molar-refractivity contribution is 7.71. The van der Waals surface area contributed by atoms with Gasteiger partial charge in [0.1, 0.15) is 17.1 Å². The van der Waals surface area contributed by atoms with Gasteiger partial charge in [0.05, 0.1) is 11.6 Å². The summed E-state index contributed by atoms with van der Waals surface area (Å²) in [6, 6.07) is 14.2. The molecule has 0 atom stereocenters. The lowest BCUT2D eigenvalue weighted by Gasteiger charge is -2.12. The fourth-order valence-corrected chi connectivity index (χ4v) is 3.20. The van der Waals surface area contributed by atoms with Gasteiger partial charge in [-0.3, -0.25) is 0 Å². The van der Waals surface area contributed by atoms with Crippen molar-refractivity contribution in [3.63, 3.8) is 0 Å². The van der Waals surface area contributed by atoms with Crippen molar-refractivity contribution in [1.29, 1.82) is 0 Å². The third-order valence-corrected chi connectivity index (χ3v) is 4.34. The molecule has 0 aliphatic heterocycles. The first-order valence-corrected chi connectivity index (χ1v) is 7.76. The predicted molar refractivity (Wildman–Crippen MR) is 93.2 cm³/mol. The van der Waals surface area contributed by atoms with Crippen molar-refractivity contribution < 1.29 is 9.15 Å². The molecule has 0 saturated heterocycles. The molecule has 0 radical (unpaired) electrons. The van der Waals surface area contributed by atoms with E-state index in [1.165, 1.54) is 0 Å². The summed E-state index contributed by atoms with van der Waals surface area (Å²) in [5, 5.41) is 0.970. The predicted octanol–water partition coefficient (Wildman–Crippen LogP) is 5.71. The number of methoxy groups -OCH3 is 1. The molecule has 0 spiro atoms. The summed E-state index contributed by atoms with van der Waals surface area (Å²) in [7, 11) is 1.68. The van der Waals surface area contributed by atoms with Crippen molar-refractivity contribution in [1.82, 2.24) is 0 Å². The van der Waals surface area contributed by atoms with Gasteiger partial charge < -0.3 is 9.15 Å². The SMILES string of the molecule is CCc1cc2c(=S)c(-c3ccccc3)c(C)oc2cc1OC. The van der Waals surface area contributed by atoms with Crippen molar-refractivity contribution in [3.05, 3.63) is 58.3 Å². The first kappa shape index (κ1) is 14.8. The Balaban J connectivity index is 2.36. The molecule has 0 amide bonds. The minimum absolute atomic E-state index is 0.774. The first-order valence-electron chi connectivity index (χ1n) is 7.35. The van der Waals surface area contributed by atoms with Crippen LogP contribution in [0.25, 0.3) is 22.1 Å². The second-order valence-electron chi connectivity index (χ2n) is 5.24. The summed E-state index contributed by atoms with van der Waals surface area (Å²) >= 11 is 5.75. The molecular formula is C19H18O2S. The number of ether oxygens (including phenoxy) is 1. The zero-order valence-electron chi connectivity index (χ0n) is 13.0. The van der Waals surface area contributed by atoms with E-state index >= 15 is 0 Å². The molecular weight excluding hydrogens is 292 g/mol. The third kappa shape index (κ3) is 2.42. The van der Waals surface area contributed by atoms with Crippen LogP contribution in [-0.4, -0.2) is 7.11 Å². The zero-order valence-corrected chi connectivity index (χ0v) is 13.8. The van der Waals surface area contributed by atoms with E-state index in [4.69, 9.17) is 21.4 Å². The monoisotopic (exact) mass is 310 g/mol. The van der Waals surface area contributed by atoms with Gasteiger partial charge in [-0.25, -0.2) is 0 Å². The van der Waals surface area contributed by atoms with Crippen LogP contribution in [0.2, 0.25) is 0 Å². The molecule has 0 unspecified atom stereocenters. The second kappa shape index (κ2) is 5.93. The van der Waals surface area contributed by atoms with E-state index in [0.717, 1.165) is 50.1 Å². The van der Waals surface area contributed by atoms with Gasteiger partial charge in [0.15, 0.2) is 0 Å². The highest BCUT2D eigenvalue weighted by Crippen LogP contribution is 2.34. The minimum atomic E-state index is 0.774. The molecule has 0 aliphatic rings. The minimum Gasteiger partial charge on any atom is -0.496 e. The van der Waals surface area contributed by atoms with Gasteiger partial charge in [-0.15, -0.1) is 0 Å². The van der Waals surface area contributed by atoms with Crippen molar-refractivity contribution >= 4 is 23.2 Å². The molecule has 112 valence electrons. The van der Waals surface area contributed by atoms with E-state index in [9.17, 15) is 0 Å². The van der Waals surface area contributed by atoms with Crippen LogP contribution in [0.1, 0.15) is 18.2 Å². The quantitative estimate of drug-likeness (QED) is 0.579. The van der Waals surface area contributed by atoms with Crippen LogP contribution in [0.3, 0.4) is 0 Å². The van der Waals surface area contributed by atoms with Crippen LogP contribution in [0.15, 0.2) is 46.9 Å². The number of hydrogen-bond acceptors (Lipinski definition) is 3. The lowest BCUT2D eigenvalue weighted by molar-refractivity contribution is 0.409. The van der Waals surface area contributed by atoms with Crippen LogP contribution >= 0.6 is 12.2 Å². The molecule has 0 bridgehead atoms.